The summed E-state index contributed by atoms with van der Waals surface area (Å²) < 4.78 is 0. The molecule has 0 fully saturated rings. The van der Waals surface area contributed by atoms with Gasteiger partial charge < -0.3 is 10.4 Å². The lowest BCUT2D eigenvalue weighted by molar-refractivity contribution is 0.170. The number of aliphatic hydroxyl groups is 1. The van der Waals surface area contributed by atoms with Gasteiger partial charge in [0.05, 0.1) is 6.10 Å². The second kappa shape index (κ2) is 8.34. The first-order valence-electron chi connectivity index (χ1n) is 7.53. The van der Waals surface area contributed by atoms with E-state index >= 15 is 0 Å². The molecule has 0 aliphatic carbocycles. The Morgan fingerprint density at radius 1 is 1.11 bits per heavy atom. The van der Waals surface area contributed by atoms with E-state index in [4.69, 9.17) is 0 Å². The first kappa shape index (κ1) is 16.2. The molecule has 0 amide bonds. The molecule has 0 saturated carbocycles. The van der Waals surface area contributed by atoms with Crippen LogP contribution in [-0.4, -0.2) is 17.7 Å². The Labute approximate surface area is 118 Å². The van der Waals surface area contributed by atoms with E-state index in [1.165, 1.54) is 12.0 Å². The average Bonchev–Trinajstić information content (AvgIpc) is 2.36. The Balaban J connectivity index is 2.46. The van der Waals surface area contributed by atoms with E-state index in [1.807, 2.05) is 0 Å². The van der Waals surface area contributed by atoms with Gasteiger partial charge in [-0.1, -0.05) is 51.5 Å². The van der Waals surface area contributed by atoms with Gasteiger partial charge in [-0.05, 0) is 36.8 Å². The number of rotatable bonds is 8. The van der Waals surface area contributed by atoms with Gasteiger partial charge in [-0.25, -0.2) is 0 Å². The van der Waals surface area contributed by atoms with Crippen LogP contribution in [0, 0.1) is 5.92 Å². The van der Waals surface area contributed by atoms with Crippen molar-refractivity contribution in [1.82, 2.24) is 5.32 Å². The van der Waals surface area contributed by atoms with Crippen molar-refractivity contribution >= 4 is 0 Å². The molecular formula is C17H29NO. The molecule has 19 heavy (non-hydrogen) atoms. The summed E-state index contributed by atoms with van der Waals surface area (Å²) in [6.07, 6.45) is 3.02. The number of nitrogens with one attached hydrogen (secondary N) is 1. The van der Waals surface area contributed by atoms with Gasteiger partial charge in [-0.3, -0.25) is 0 Å². The molecule has 1 aromatic rings. The zero-order valence-electron chi connectivity index (χ0n) is 12.8. The Morgan fingerprint density at radius 2 is 1.74 bits per heavy atom. The second-order valence-corrected chi connectivity index (χ2v) is 5.95. The van der Waals surface area contributed by atoms with Gasteiger partial charge in [0.2, 0.25) is 0 Å². The Kier molecular flexibility index (Phi) is 7.11. The first-order chi connectivity index (χ1) is 9.02. The smallest absolute Gasteiger partial charge is 0.0914 e. The highest BCUT2D eigenvalue weighted by molar-refractivity contribution is 5.24. The highest BCUT2D eigenvalue weighted by atomic mass is 16.3. The first-order valence-corrected chi connectivity index (χ1v) is 7.53. The van der Waals surface area contributed by atoms with Crippen molar-refractivity contribution in [1.29, 1.82) is 0 Å². The lowest BCUT2D eigenvalue weighted by Gasteiger charge is -2.17. The molecule has 2 unspecified atom stereocenters. The largest absolute Gasteiger partial charge is 0.387 e. The van der Waals surface area contributed by atoms with Crippen LogP contribution in [0.15, 0.2) is 24.3 Å². The summed E-state index contributed by atoms with van der Waals surface area (Å²) in [5, 5.41) is 13.5. The van der Waals surface area contributed by atoms with Crippen LogP contribution in [0.2, 0.25) is 0 Å². The van der Waals surface area contributed by atoms with E-state index in [9.17, 15) is 5.11 Å². The van der Waals surface area contributed by atoms with E-state index in [0.717, 1.165) is 18.4 Å². The van der Waals surface area contributed by atoms with Crippen LogP contribution in [-0.2, 0) is 6.42 Å². The molecule has 108 valence electrons. The topological polar surface area (TPSA) is 32.3 Å². The third-order valence-electron chi connectivity index (χ3n) is 3.39. The van der Waals surface area contributed by atoms with Crippen LogP contribution in [0.5, 0.6) is 0 Å². The summed E-state index contributed by atoms with van der Waals surface area (Å²) >= 11 is 0. The summed E-state index contributed by atoms with van der Waals surface area (Å²) in [7, 11) is 0. The predicted molar refractivity (Wildman–Crippen MR) is 82.3 cm³/mol. The minimum absolute atomic E-state index is 0.410. The molecule has 2 atom stereocenters. The van der Waals surface area contributed by atoms with Gasteiger partial charge in [0.15, 0.2) is 0 Å². The summed E-state index contributed by atoms with van der Waals surface area (Å²) in [5.41, 5.74) is 2.35. The molecule has 2 nitrogen and oxygen atoms in total. The number of aliphatic hydroxyl groups excluding tert-OH is 1. The lowest BCUT2D eigenvalue weighted by atomic mass is 10.00. The molecule has 0 aliphatic rings. The van der Waals surface area contributed by atoms with Crippen molar-refractivity contribution in [3.05, 3.63) is 35.4 Å². The molecule has 0 spiro atoms. The van der Waals surface area contributed by atoms with Gasteiger partial charge in [0.1, 0.15) is 0 Å². The van der Waals surface area contributed by atoms with Crippen molar-refractivity contribution in [2.75, 3.05) is 6.54 Å². The maximum Gasteiger partial charge on any atom is 0.0914 e. The fourth-order valence-electron chi connectivity index (χ4n) is 2.31. The number of benzene rings is 1. The fourth-order valence-corrected chi connectivity index (χ4v) is 2.31. The average molecular weight is 263 g/mol. The van der Waals surface area contributed by atoms with E-state index in [1.54, 1.807) is 0 Å². The predicted octanol–water partition coefficient (Wildman–Crippen LogP) is 3.70. The summed E-state index contributed by atoms with van der Waals surface area (Å²) in [6.45, 7) is 9.43. The van der Waals surface area contributed by atoms with E-state index < -0.39 is 6.10 Å². The zero-order chi connectivity index (χ0) is 14.3. The maximum atomic E-state index is 10.1. The van der Waals surface area contributed by atoms with E-state index in [0.29, 0.717) is 18.5 Å². The van der Waals surface area contributed by atoms with Gasteiger partial charge in [-0.15, -0.1) is 0 Å². The molecular weight excluding hydrogens is 234 g/mol. The van der Waals surface area contributed by atoms with E-state index in [-0.39, 0.29) is 0 Å². The zero-order valence-corrected chi connectivity index (χ0v) is 12.8. The van der Waals surface area contributed by atoms with Gasteiger partial charge in [0, 0.05) is 12.6 Å². The number of hydrogen-bond donors (Lipinski definition) is 2. The monoisotopic (exact) mass is 263 g/mol. The van der Waals surface area contributed by atoms with Crippen LogP contribution >= 0.6 is 0 Å². The molecule has 1 aromatic carbocycles. The van der Waals surface area contributed by atoms with Crippen LogP contribution in [0.3, 0.4) is 0 Å². The third-order valence-corrected chi connectivity index (χ3v) is 3.39. The molecule has 0 heterocycles. The molecule has 0 saturated heterocycles. The minimum Gasteiger partial charge on any atom is -0.387 e. The van der Waals surface area contributed by atoms with Crippen molar-refractivity contribution in [2.24, 2.45) is 5.92 Å². The highest BCUT2D eigenvalue weighted by Gasteiger charge is 2.09. The Hall–Kier alpha value is -0.860. The minimum atomic E-state index is -0.410. The summed E-state index contributed by atoms with van der Waals surface area (Å²) in [6, 6.07) is 8.84. The highest BCUT2D eigenvalue weighted by Crippen LogP contribution is 2.15. The summed E-state index contributed by atoms with van der Waals surface area (Å²) in [5.74, 6) is 0.673. The molecule has 2 heteroatoms. The quantitative estimate of drug-likeness (QED) is 0.749. The standard InChI is InChI=1S/C17H29NO/c1-5-6-14(4)18-12-17(19)16-9-7-15(8-10-16)11-13(2)3/h7-10,13-14,17-19H,5-6,11-12H2,1-4H3. The lowest BCUT2D eigenvalue weighted by Crippen LogP contribution is -2.30. The van der Waals surface area contributed by atoms with Gasteiger partial charge in [0.25, 0.3) is 0 Å². The molecule has 0 radical (unpaired) electrons. The van der Waals surface area contributed by atoms with Crippen molar-refractivity contribution in [3.63, 3.8) is 0 Å². The van der Waals surface area contributed by atoms with Gasteiger partial charge >= 0.3 is 0 Å². The van der Waals surface area contributed by atoms with Crippen LogP contribution < -0.4 is 5.32 Å². The Morgan fingerprint density at radius 3 is 2.26 bits per heavy atom. The fraction of sp³-hybridized carbons (Fsp3) is 0.647. The van der Waals surface area contributed by atoms with Crippen molar-refractivity contribution in [2.45, 2.75) is 59.1 Å². The molecule has 0 aromatic heterocycles. The van der Waals surface area contributed by atoms with Crippen LogP contribution in [0.4, 0.5) is 0 Å². The van der Waals surface area contributed by atoms with E-state index in [2.05, 4.69) is 57.3 Å². The van der Waals surface area contributed by atoms with Crippen molar-refractivity contribution < 1.29 is 5.11 Å². The third kappa shape index (κ3) is 6.22. The van der Waals surface area contributed by atoms with Crippen molar-refractivity contribution in [3.8, 4) is 0 Å². The molecule has 0 aliphatic heterocycles. The van der Waals surface area contributed by atoms with Crippen LogP contribution in [0.25, 0.3) is 0 Å². The summed E-state index contributed by atoms with van der Waals surface area (Å²) in [4.78, 5) is 0. The van der Waals surface area contributed by atoms with Crippen LogP contribution in [0.1, 0.15) is 57.8 Å². The second-order valence-electron chi connectivity index (χ2n) is 5.95. The van der Waals surface area contributed by atoms with Gasteiger partial charge in [-0.2, -0.15) is 0 Å². The molecule has 0 bridgehead atoms. The molecule has 2 N–H and O–H groups in total. The maximum absolute atomic E-state index is 10.1. The Bertz CT molecular complexity index is 345. The number of hydrogen-bond acceptors (Lipinski definition) is 2. The SMILES string of the molecule is CCCC(C)NCC(O)c1ccc(CC(C)C)cc1. The molecule has 1 rings (SSSR count). The normalized spacial score (nSPS) is 14.6.